The molecule has 3 N–H and O–H groups in total. The predicted octanol–water partition coefficient (Wildman–Crippen LogP) is 1.25. The van der Waals surface area contributed by atoms with Gasteiger partial charge in [0.25, 0.3) is 0 Å². The number of nitrogens with one attached hydrogen (secondary N) is 3. The van der Waals surface area contributed by atoms with Crippen molar-refractivity contribution in [1.29, 1.82) is 0 Å². The maximum Gasteiger partial charge on any atom is 0.216 e. The van der Waals surface area contributed by atoms with Crippen LogP contribution in [-0.2, 0) is 27.7 Å². The molecule has 126 valence electrons. The van der Waals surface area contributed by atoms with E-state index in [0.29, 0.717) is 19.5 Å². The number of fused-ring (bicyclic) bond motifs is 1. The SMILES string of the molecule is CC(=O)NCCc1c[nH]c2c(CCNS(C)(=O)=O)cc(C)cc12. The molecule has 0 saturated heterocycles. The number of amides is 1. The molecule has 0 bridgehead atoms. The van der Waals surface area contributed by atoms with E-state index in [1.807, 2.05) is 13.1 Å². The molecule has 2 rings (SSSR count). The molecule has 0 aliphatic heterocycles. The van der Waals surface area contributed by atoms with Crippen molar-refractivity contribution in [2.24, 2.45) is 0 Å². The minimum absolute atomic E-state index is 0.0337. The number of aryl methyl sites for hydroxylation is 1. The fourth-order valence-corrected chi connectivity index (χ4v) is 3.14. The summed E-state index contributed by atoms with van der Waals surface area (Å²) in [7, 11) is -3.17. The third-order valence-corrected chi connectivity index (χ3v) is 4.36. The molecule has 0 aliphatic carbocycles. The lowest BCUT2D eigenvalue weighted by Crippen LogP contribution is -2.24. The summed E-state index contributed by atoms with van der Waals surface area (Å²) in [6.45, 7) is 4.50. The number of benzene rings is 1. The van der Waals surface area contributed by atoms with E-state index in [-0.39, 0.29) is 5.91 Å². The summed E-state index contributed by atoms with van der Waals surface area (Å²) in [5, 5.41) is 3.93. The Morgan fingerprint density at radius 2 is 1.87 bits per heavy atom. The van der Waals surface area contributed by atoms with E-state index >= 15 is 0 Å². The Bertz CT molecular complexity index is 809. The summed E-state index contributed by atoms with van der Waals surface area (Å²) in [5.74, 6) is -0.0337. The van der Waals surface area contributed by atoms with Gasteiger partial charge >= 0.3 is 0 Å². The highest BCUT2D eigenvalue weighted by Crippen LogP contribution is 2.24. The zero-order valence-electron chi connectivity index (χ0n) is 13.7. The monoisotopic (exact) mass is 337 g/mol. The summed E-state index contributed by atoms with van der Waals surface area (Å²) < 4.78 is 24.9. The van der Waals surface area contributed by atoms with Crippen molar-refractivity contribution < 1.29 is 13.2 Å². The predicted molar refractivity (Wildman–Crippen MR) is 92.0 cm³/mol. The molecule has 0 atom stereocenters. The second-order valence-corrected chi connectivity index (χ2v) is 7.64. The van der Waals surface area contributed by atoms with Crippen LogP contribution in [0.3, 0.4) is 0 Å². The minimum atomic E-state index is -3.17. The fourth-order valence-electron chi connectivity index (χ4n) is 2.67. The topological polar surface area (TPSA) is 91.1 Å². The third-order valence-electron chi connectivity index (χ3n) is 3.63. The van der Waals surface area contributed by atoms with E-state index in [4.69, 9.17) is 0 Å². The lowest BCUT2D eigenvalue weighted by molar-refractivity contribution is -0.118. The summed E-state index contributed by atoms with van der Waals surface area (Å²) in [6.07, 6.45) is 4.49. The molecule has 0 unspecified atom stereocenters. The van der Waals surface area contributed by atoms with Gasteiger partial charge in [0.15, 0.2) is 0 Å². The van der Waals surface area contributed by atoms with E-state index in [0.717, 1.165) is 40.3 Å². The number of aromatic amines is 1. The average Bonchev–Trinajstić information content (AvgIpc) is 2.80. The summed E-state index contributed by atoms with van der Waals surface area (Å²) in [5.41, 5.74) is 4.40. The van der Waals surface area contributed by atoms with Gasteiger partial charge in [-0.05, 0) is 37.0 Å². The molecular weight excluding hydrogens is 314 g/mol. The number of carbonyl (C=O) groups is 1. The van der Waals surface area contributed by atoms with Crippen LogP contribution in [0, 0.1) is 6.92 Å². The Balaban J connectivity index is 2.18. The van der Waals surface area contributed by atoms with Crippen molar-refractivity contribution in [3.05, 3.63) is 35.0 Å². The van der Waals surface area contributed by atoms with Gasteiger partial charge in [0.1, 0.15) is 0 Å². The Hall–Kier alpha value is -1.86. The zero-order valence-corrected chi connectivity index (χ0v) is 14.5. The molecule has 0 aliphatic rings. The van der Waals surface area contributed by atoms with Gasteiger partial charge in [-0.15, -0.1) is 0 Å². The number of hydrogen-bond donors (Lipinski definition) is 3. The van der Waals surface area contributed by atoms with Gasteiger partial charge in [-0.25, -0.2) is 13.1 Å². The maximum absolute atomic E-state index is 11.2. The summed E-state index contributed by atoms with van der Waals surface area (Å²) in [4.78, 5) is 14.2. The van der Waals surface area contributed by atoms with Crippen LogP contribution in [0.2, 0.25) is 0 Å². The minimum Gasteiger partial charge on any atom is -0.361 e. The highest BCUT2D eigenvalue weighted by atomic mass is 32.2. The first-order chi connectivity index (χ1) is 10.8. The quantitative estimate of drug-likeness (QED) is 0.710. The van der Waals surface area contributed by atoms with E-state index in [2.05, 4.69) is 27.2 Å². The van der Waals surface area contributed by atoms with Gasteiger partial charge in [-0.1, -0.05) is 11.6 Å². The normalized spacial score (nSPS) is 11.8. The highest BCUT2D eigenvalue weighted by Gasteiger charge is 2.10. The molecule has 1 aromatic carbocycles. The lowest BCUT2D eigenvalue weighted by Gasteiger charge is -2.07. The Kier molecular flexibility index (Phi) is 5.43. The number of H-pyrrole nitrogens is 1. The third kappa shape index (κ3) is 5.07. The number of aromatic nitrogens is 1. The zero-order chi connectivity index (χ0) is 17.0. The van der Waals surface area contributed by atoms with Crippen molar-refractivity contribution in [3.8, 4) is 0 Å². The standard InChI is InChI=1S/C16H23N3O3S/c1-11-8-13(5-7-19-23(3,21)22)16-15(9-11)14(10-18-16)4-6-17-12(2)20/h8-10,18-19H,4-7H2,1-3H3,(H,17,20). The smallest absolute Gasteiger partial charge is 0.216 e. The van der Waals surface area contributed by atoms with Gasteiger partial charge in [-0.2, -0.15) is 0 Å². The highest BCUT2D eigenvalue weighted by molar-refractivity contribution is 7.88. The van der Waals surface area contributed by atoms with E-state index in [1.165, 1.54) is 6.92 Å². The molecule has 6 nitrogen and oxygen atoms in total. The molecule has 0 radical (unpaired) electrons. The van der Waals surface area contributed by atoms with Gasteiger partial charge in [0.05, 0.1) is 6.26 Å². The fraction of sp³-hybridized carbons (Fsp3) is 0.438. The van der Waals surface area contributed by atoms with Crippen LogP contribution in [0.4, 0.5) is 0 Å². The van der Waals surface area contributed by atoms with Gasteiger partial charge < -0.3 is 10.3 Å². The van der Waals surface area contributed by atoms with Gasteiger partial charge in [0, 0.05) is 37.1 Å². The van der Waals surface area contributed by atoms with Crippen molar-refractivity contribution in [3.63, 3.8) is 0 Å². The number of rotatable bonds is 7. The van der Waals surface area contributed by atoms with Gasteiger partial charge in [-0.3, -0.25) is 4.79 Å². The number of carbonyl (C=O) groups excluding carboxylic acids is 1. The Morgan fingerprint density at radius 3 is 2.52 bits per heavy atom. The van der Waals surface area contributed by atoms with Crippen molar-refractivity contribution in [2.45, 2.75) is 26.7 Å². The lowest BCUT2D eigenvalue weighted by atomic mass is 10.0. The van der Waals surface area contributed by atoms with E-state index < -0.39 is 10.0 Å². The largest absolute Gasteiger partial charge is 0.361 e. The molecule has 1 heterocycles. The van der Waals surface area contributed by atoms with Crippen LogP contribution in [0.5, 0.6) is 0 Å². The molecule has 2 aromatic rings. The molecule has 1 amide bonds. The molecule has 1 aromatic heterocycles. The van der Waals surface area contributed by atoms with Crippen LogP contribution in [0.15, 0.2) is 18.3 Å². The molecule has 0 fully saturated rings. The molecular formula is C16H23N3O3S. The number of hydrogen-bond acceptors (Lipinski definition) is 3. The van der Waals surface area contributed by atoms with Crippen molar-refractivity contribution in [2.75, 3.05) is 19.3 Å². The van der Waals surface area contributed by atoms with Crippen LogP contribution < -0.4 is 10.0 Å². The summed E-state index contributed by atoms with van der Waals surface area (Å²) in [6, 6.07) is 4.18. The first-order valence-corrected chi connectivity index (χ1v) is 9.44. The Labute approximate surface area is 136 Å². The van der Waals surface area contributed by atoms with Crippen LogP contribution in [0.1, 0.15) is 23.6 Å². The van der Waals surface area contributed by atoms with Crippen molar-refractivity contribution in [1.82, 2.24) is 15.0 Å². The molecule has 23 heavy (non-hydrogen) atoms. The molecule has 0 saturated carbocycles. The summed E-state index contributed by atoms with van der Waals surface area (Å²) >= 11 is 0. The van der Waals surface area contributed by atoms with Crippen LogP contribution in [-0.4, -0.2) is 38.7 Å². The van der Waals surface area contributed by atoms with Gasteiger partial charge in [0.2, 0.25) is 15.9 Å². The Morgan fingerprint density at radius 1 is 1.17 bits per heavy atom. The van der Waals surface area contributed by atoms with Crippen LogP contribution in [0.25, 0.3) is 10.9 Å². The second kappa shape index (κ2) is 7.14. The molecule has 0 spiro atoms. The van der Waals surface area contributed by atoms with E-state index in [9.17, 15) is 13.2 Å². The first-order valence-electron chi connectivity index (χ1n) is 7.55. The van der Waals surface area contributed by atoms with Crippen molar-refractivity contribution >= 4 is 26.8 Å². The molecule has 7 heteroatoms. The first kappa shape index (κ1) is 17.5. The van der Waals surface area contributed by atoms with E-state index in [1.54, 1.807) is 0 Å². The maximum atomic E-state index is 11.2. The second-order valence-electron chi connectivity index (χ2n) is 5.81. The van der Waals surface area contributed by atoms with Crippen LogP contribution >= 0.6 is 0 Å². The number of sulfonamides is 1. The average molecular weight is 337 g/mol.